The maximum atomic E-state index is 11.4. The number of carbonyl (C=O) groups is 1. The van der Waals surface area contributed by atoms with E-state index >= 15 is 0 Å². The van der Waals surface area contributed by atoms with Gasteiger partial charge in [-0.3, -0.25) is 9.52 Å². The second-order valence-electron chi connectivity index (χ2n) is 3.72. The lowest BCUT2D eigenvalue weighted by Crippen LogP contribution is -2.15. The van der Waals surface area contributed by atoms with Gasteiger partial charge in [0.15, 0.2) is 0 Å². The molecule has 94 valence electrons. The number of hydrogen-bond acceptors (Lipinski definition) is 3. The van der Waals surface area contributed by atoms with Gasteiger partial charge in [-0.25, -0.2) is 8.42 Å². The van der Waals surface area contributed by atoms with E-state index in [1.54, 1.807) is 32.0 Å². The van der Waals surface area contributed by atoms with Crippen LogP contribution in [0.25, 0.3) is 0 Å². The molecule has 5 nitrogen and oxygen atoms in total. The van der Waals surface area contributed by atoms with E-state index in [4.69, 9.17) is 0 Å². The maximum absolute atomic E-state index is 11.4. The lowest BCUT2D eigenvalue weighted by atomic mass is 10.2. The molecule has 0 unspecified atom stereocenters. The summed E-state index contributed by atoms with van der Waals surface area (Å²) in [6.07, 6.45) is 0. The van der Waals surface area contributed by atoms with Crippen LogP contribution in [0.4, 0.5) is 11.4 Å². The molecule has 1 aromatic carbocycles. The minimum absolute atomic E-state index is 0.0273. The molecule has 0 bridgehead atoms. The summed E-state index contributed by atoms with van der Waals surface area (Å²) in [4.78, 5) is 10.9. The van der Waals surface area contributed by atoms with Crippen LogP contribution in [0.15, 0.2) is 18.2 Å². The van der Waals surface area contributed by atoms with Crippen LogP contribution in [-0.2, 0) is 14.8 Å². The summed E-state index contributed by atoms with van der Waals surface area (Å²) < 4.78 is 25.2. The third-order valence-corrected chi connectivity index (χ3v) is 3.50. The maximum Gasteiger partial charge on any atom is 0.232 e. The van der Waals surface area contributed by atoms with Crippen LogP contribution in [0.1, 0.15) is 19.4 Å². The monoisotopic (exact) mass is 256 g/mol. The Balaban J connectivity index is 2.93. The van der Waals surface area contributed by atoms with Gasteiger partial charge in [-0.1, -0.05) is 0 Å². The molecule has 17 heavy (non-hydrogen) atoms. The zero-order chi connectivity index (χ0) is 13.1. The molecule has 0 aliphatic heterocycles. The van der Waals surface area contributed by atoms with Gasteiger partial charge >= 0.3 is 0 Å². The molecule has 1 amide bonds. The van der Waals surface area contributed by atoms with E-state index in [1.807, 2.05) is 0 Å². The van der Waals surface area contributed by atoms with Crippen molar-refractivity contribution in [2.24, 2.45) is 0 Å². The Morgan fingerprint density at radius 1 is 1.35 bits per heavy atom. The minimum atomic E-state index is -3.26. The number of anilines is 2. The topological polar surface area (TPSA) is 75.3 Å². The van der Waals surface area contributed by atoms with Gasteiger partial charge in [0.2, 0.25) is 15.9 Å². The predicted molar refractivity (Wildman–Crippen MR) is 68.6 cm³/mol. The van der Waals surface area contributed by atoms with E-state index in [0.29, 0.717) is 11.4 Å². The highest BCUT2D eigenvalue weighted by atomic mass is 32.2. The van der Waals surface area contributed by atoms with Crippen LogP contribution in [0.3, 0.4) is 0 Å². The van der Waals surface area contributed by atoms with Crippen molar-refractivity contribution in [1.82, 2.24) is 0 Å². The number of rotatable bonds is 4. The second kappa shape index (κ2) is 5.18. The first-order valence-corrected chi connectivity index (χ1v) is 6.88. The van der Waals surface area contributed by atoms with Crippen molar-refractivity contribution >= 4 is 27.3 Å². The summed E-state index contributed by atoms with van der Waals surface area (Å²) in [5.74, 6) is -0.130. The number of hydrogen-bond donors (Lipinski definition) is 2. The SMILES string of the molecule is CCS(=O)(=O)Nc1ccc(NC(C)=O)c(C)c1. The zero-order valence-corrected chi connectivity index (χ0v) is 10.9. The molecule has 0 aliphatic carbocycles. The van der Waals surface area contributed by atoms with E-state index in [2.05, 4.69) is 10.0 Å². The number of sulfonamides is 1. The molecule has 0 atom stereocenters. The molecule has 1 aromatic rings. The fraction of sp³-hybridized carbons (Fsp3) is 0.364. The Labute approximate surface area is 101 Å². The molecular formula is C11H16N2O3S. The molecule has 1 rings (SSSR count). The van der Waals surface area contributed by atoms with E-state index < -0.39 is 10.0 Å². The predicted octanol–water partition coefficient (Wildman–Crippen LogP) is 1.72. The van der Waals surface area contributed by atoms with Crippen molar-refractivity contribution in [3.63, 3.8) is 0 Å². The molecule has 0 heterocycles. The van der Waals surface area contributed by atoms with Crippen molar-refractivity contribution in [2.75, 3.05) is 15.8 Å². The van der Waals surface area contributed by atoms with Crippen molar-refractivity contribution in [2.45, 2.75) is 20.8 Å². The number of benzene rings is 1. The highest BCUT2D eigenvalue weighted by Crippen LogP contribution is 2.20. The van der Waals surface area contributed by atoms with E-state index in [1.165, 1.54) is 6.92 Å². The van der Waals surface area contributed by atoms with Gasteiger partial charge in [-0.05, 0) is 37.6 Å². The third-order valence-electron chi connectivity index (χ3n) is 2.19. The fourth-order valence-electron chi connectivity index (χ4n) is 1.31. The van der Waals surface area contributed by atoms with Gasteiger partial charge in [-0.2, -0.15) is 0 Å². The normalized spacial score (nSPS) is 11.0. The lowest BCUT2D eigenvalue weighted by molar-refractivity contribution is -0.114. The smallest absolute Gasteiger partial charge is 0.232 e. The Hall–Kier alpha value is -1.56. The Bertz CT molecular complexity index is 524. The van der Waals surface area contributed by atoms with Crippen molar-refractivity contribution in [3.05, 3.63) is 23.8 Å². The largest absolute Gasteiger partial charge is 0.326 e. The first-order chi connectivity index (χ1) is 7.84. The second-order valence-corrected chi connectivity index (χ2v) is 5.73. The Morgan fingerprint density at radius 3 is 2.47 bits per heavy atom. The molecule has 2 N–H and O–H groups in total. The number of aryl methyl sites for hydroxylation is 1. The number of nitrogens with one attached hydrogen (secondary N) is 2. The minimum Gasteiger partial charge on any atom is -0.326 e. The summed E-state index contributed by atoms with van der Waals surface area (Å²) in [5.41, 5.74) is 1.98. The molecule has 0 aromatic heterocycles. The average Bonchev–Trinajstić information content (AvgIpc) is 2.21. The fourth-order valence-corrected chi connectivity index (χ4v) is 1.94. The first kappa shape index (κ1) is 13.5. The summed E-state index contributed by atoms with van der Waals surface area (Å²) in [6.45, 7) is 4.79. The van der Waals surface area contributed by atoms with Crippen LogP contribution in [0.5, 0.6) is 0 Å². The quantitative estimate of drug-likeness (QED) is 0.861. The highest BCUT2D eigenvalue weighted by Gasteiger charge is 2.08. The van der Waals surface area contributed by atoms with Crippen molar-refractivity contribution in [1.29, 1.82) is 0 Å². The molecule has 0 aliphatic rings. The number of carbonyl (C=O) groups excluding carboxylic acids is 1. The van der Waals surface area contributed by atoms with Gasteiger partial charge in [0, 0.05) is 18.3 Å². The van der Waals surface area contributed by atoms with Crippen LogP contribution in [0, 0.1) is 6.92 Å². The Morgan fingerprint density at radius 2 is 2.00 bits per heavy atom. The third kappa shape index (κ3) is 4.07. The molecular weight excluding hydrogens is 240 g/mol. The molecule has 0 saturated carbocycles. The van der Waals surface area contributed by atoms with Crippen molar-refractivity contribution in [3.8, 4) is 0 Å². The van der Waals surface area contributed by atoms with Gasteiger partial charge in [0.25, 0.3) is 0 Å². The summed E-state index contributed by atoms with van der Waals surface area (Å²) >= 11 is 0. The first-order valence-electron chi connectivity index (χ1n) is 5.23. The molecule has 6 heteroatoms. The van der Waals surface area contributed by atoms with Gasteiger partial charge < -0.3 is 5.32 Å². The molecule has 0 radical (unpaired) electrons. The standard InChI is InChI=1S/C11H16N2O3S/c1-4-17(15,16)13-10-5-6-11(8(2)7-10)12-9(3)14/h5-7,13H,4H2,1-3H3,(H,12,14). The highest BCUT2D eigenvalue weighted by molar-refractivity contribution is 7.92. The van der Waals surface area contributed by atoms with Crippen LogP contribution in [0.2, 0.25) is 0 Å². The van der Waals surface area contributed by atoms with Gasteiger partial charge in [-0.15, -0.1) is 0 Å². The van der Waals surface area contributed by atoms with E-state index in [9.17, 15) is 13.2 Å². The Kier molecular flexibility index (Phi) is 4.11. The lowest BCUT2D eigenvalue weighted by Gasteiger charge is -2.10. The van der Waals surface area contributed by atoms with E-state index in [-0.39, 0.29) is 11.7 Å². The summed E-state index contributed by atoms with van der Waals surface area (Å²) in [5, 5.41) is 2.66. The molecule has 0 spiro atoms. The average molecular weight is 256 g/mol. The zero-order valence-electron chi connectivity index (χ0n) is 10.1. The summed E-state index contributed by atoms with van der Waals surface area (Å²) in [6, 6.07) is 4.97. The summed E-state index contributed by atoms with van der Waals surface area (Å²) in [7, 11) is -3.26. The molecule has 0 fully saturated rings. The van der Waals surface area contributed by atoms with Crippen LogP contribution >= 0.6 is 0 Å². The molecule has 0 saturated heterocycles. The van der Waals surface area contributed by atoms with Crippen LogP contribution < -0.4 is 10.0 Å². The number of amides is 1. The van der Waals surface area contributed by atoms with Crippen molar-refractivity contribution < 1.29 is 13.2 Å². The van der Waals surface area contributed by atoms with Gasteiger partial charge in [0.05, 0.1) is 5.75 Å². The van der Waals surface area contributed by atoms with E-state index in [0.717, 1.165) is 5.56 Å². The van der Waals surface area contributed by atoms with Gasteiger partial charge in [0.1, 0.15) is 0 Å². The van der Waals surface area contributed by atoms with Crippen LogP contribution in [-0.4, -0.2) is 20.1 Å².